The van der Waals surface area contributed by atoms with Gasteiger partial charge >= 0.3 is 0 Å². The van der Waals surface area contributed by atoms with Crippen molar-refractivity contribution in [1.82, 2.24) is 9.62 Å². The van der Waals surface area contributed by atoms with E-state index in [0.717, 1.165) is 6.07 Å². The predicted molar refractivity (Wildman–Crippen MR) is 72.0 cm³/mol. The van der Waals surface area contributed by atoms with Crippen molar-refractivity contribution in [2.45, 2.75) is 37.8 Å². The number of hydrogen-bond donors (Lipinski definition) is 1. The molecule has 0 saturated carbocycles. The minimum atomic E-state index is -3.63. The lowest BCUT2D eigenvalue weighted by atomic mass is 10.2. The van der Waals surface area contributed by atoms with Crippen LogP contribution in [0.2, 0.25) is 0 Å². The Morgan fingerprint density at radius 2 is 1.84 bits per heavy atom. The first-order valence-corrected chi connectivity index (χ1v) is 7.77. The molecule has 0 aromatic heterocycles. The summed E-state index contributed by atoms with van der Waals surface area (Å²) in [5, 5.41) is 3.28. The Bertz CT molecular complexity index is 564. The minimum absolute atomic E-state index is 0.0637. The summed E-state index contributed by atoms with van der Waals surface area (Å²) in [4.78, 5) is 0.0637. The molecule has 2 rings (SSSR count). The van der Waals surface area contributed by atoms with Crippen LogP contribution in [0.15, 0.2) is 23.1 Å². The van der Waals surface area contributed by atoms with E-state index in [4.69, 9.17) is 0 Å². The number of rotatable bonds is 2. The van der Waals surface area contributed by atoms with Crippen LogP contribution in [0.1, 0.15) is 19.4 Å². The van der Waals surface area contributed by atoms with Gasteiger partial charge in [-0.1, -0.05) is 6.07 Å². The highest BCUT2D eigenvalue weighted by atomic mass is 32.2. The van der Waals surface area contributed by atoms with E-state index in [0.29, 0.717) is 18.7 Å². The summed E-state index contributed by atoms with van der Waals surface area (Å²) in [5.74, 6) is -0.527. The highest BCUT2D eigenvalue weighted by Gasteiger charge is 2.32. The van der Waals surface area contributed by atoms with Gasteiger partial charge in [0, 0.05) is 25.2 Å². The molecule has 1 aromatic carbocycles. The molecule has 2 unspecified atom stereocenters. The summed E-state index contributed by atoms with van der Waals surface area (Å²) in [5.41, 5.74) is 0.570. The first-order valence-electron chi connectivity index (χ1n) is 6.33. The first-order chi connectivity index (χ1) is 8.80. The Morgan fingerprint density at radius 3 is 2.42 bits per heavy atom. The molecular weight excluding hydrogens is 267 g/mol. The molecule has 0 amide bonds. The predicted octanol–water partition coefficient (Wildman–Crippen LogP) is 1.51. The smallest absolute Gasteiger partial charge is 0.243 e. The Labute approximate surface area is 113 Å². The summed E-state index contributed by atoms with van der Waals surface area (Å²) in [7, 11) is -3.63. The van der Waals surface area contributed by atoms with Crippen LogP contribution in [0, 0.1) is 12.7 Å². The largest absolute Gasteiger partial charge is 0.309 e. The molecule has 106 valence electrons. The molecular formula is C13H19FN2O2S. The van der Waals surface area contributed by atoms with Gasteiger partial charge in [0.25, 0.3) is 0 Å². The van der Waals surface area contributed by atoms with Crippen molar-refractivity contribution in [1.29, 1.82) is 0 Å². The van der Waals surface area contributed by atoms with E-state index < -0.39 is 15.8 Å². The number of piperazine rings is 1. The standard InChI is InChI=1S/C13H19FN2O2S/c1-9-4-5-12(14)6-13(9)19(17,18)16-7-10(2)15-11(3)8-16/h4-6,10-11,15H,7-8H2,1-3H3. The van der Waals surface area contributed by atoms with E-state index >= 15 is 0 Å². The Kier molecular flexibility index (Phi) is 3.94. The summed E-state index contributed by atoms with van der Waals surface area (Å²) >= 11 is 0. The average molecular weight is 286 g/mol. The van der Waals surface area contributed by atoms with E-state index in [1.54, 1.807) is 6.92 Å². The Balaban J connectivity index is 2.39. The second kappa shape index (κ2) is 5.19. The highest BCUT2D eigenvalue weighted by Crippen LogP contribution is 2.22. The molecule has 6 heteroatoms. The van der Waals surface area contributed by atoms with Crippen LogP contribution in [0.3, 0.4) is 0 Å². The zero-order valence-corrected chi connectivity index (χ0v) is 12.2. The summed E-state index contributed by atoms with van der Waals surface area (Å²) in [6.45, 7) is 6.37. The van der Waals surface area contributed by atoms with Gasteiger partial charge < -0.3 is 5.32 Å². The molecule has 2 atom stereocenters. The molecule has 19 heavy (non-hydrogen) atoms. The molecule has 0 bridgehead atoms. The lowest BCUT2D eigenvalue weighted by Gasteiger charge is -2.35. The fraction of sp³-hybridized carbons (Fsp3) is 0.538. The van der Waals surface area contributed by atoms with E-state index in [1.165, 1.54) is 16.4 Å². The molecule has 1 saturated heterocycles. The normalized spacial score (nSPS) is 25.5. The molecule has 1 aromatic rings. The van der Waals surface area contributed by atoms with Gasteiger partial charge in [-0.15, -0.1) is 0 Å². The number of aryl methyl sites for hydroxylation is 1. The van der Waals surface area contributed by atoms with Crippen LogP contribution in [-0.4, -0.2) is 37.9 Å². The fourth-order valence-corrected chi connectivity index (χ4v) is 4.32. The fourth-order valence-electron chi connectivity index (χ4n) is 2.46. The zero-order chi connectivity index (χ0) is 14.2. The molecule has 0 radical (unpaired) electrons. The molecule has 1 N–H and O–H groups in total. The van der Waals surface area contributed by atoms with Crippen LogP contribution >= 0.6 is 0 Å². The molecule has 1 aliphatic rings. The van der Waals surface area contributed by atoms with Gasteiger partial charge in [0.1, 0.15) is 5.82 Å². The van der Waals surface area contributed by atoms with Gasteiger partial charge in [-0.2, -0.15) is 4.31 Å². The van der Waals surface area contributed by atoms with Crippen LogP contribution in [0.25, 0.3) is 0 Å². The molecule has 1 fully saturated rings. The third kappa shape index (κ3) is 2.96. The Morgan fingerprint density at radius 1 is 1.26 bits per heavy atom. The third-order valence-electron chi connectivity index (χ3n) is 3.29. The monoisotopic (exact) mass is 286 g/mol. The molecule has 1 heterocycles. The number of nitrogens with one attached hydrogen (secondary N) is 1. The van der Waals surface area contributed by atoms with Crippen LogP contribution in [0.4, 0.5) is 4.39 Å². The van der Waals surface area contributed by atoms with Crippen molar-refractivity contribution in [2.24, 2.45) is 0 Å². The number of hydrogen-bond acceptors (Lipinski definition) is 3. The van der Waals surface area contributed by atoms with Crippen molar-refractivity contribution in [3.63, 3.8) is 0 Å². The molecule has 4 nitrogen and oxygen atoms in total. The maximum absolute atomic E-state index is 13.3. The summed E-state index contributed by atoms with van der Waals surface area (Å²) in [6.07, 6.45) is 0. The van der Waals surface area contributed by atoms with Gasteiger partial charge in [0.05, 0.1) is 4.90 Å². The van der Waals surface area contributed by atoms with Crippen molar-refractivity contribution in [3.05, 3.63) is 29.6 Å². The lowest BCUT2D eigenvalue weighted by molar-refractivity contribution is 0.263. The quantitative estimate of drug-likeness (QED) is 0.896. The van der Waals surface area contributed by atoms with Gasteiger partial charge in [-0.05, 0) is 38.5 Å². The number of nitrogens with zero attached hydrogens (tertiary/aromatic N) is 1. The number of benzene rings is 1. The summed E-state index contributed by atoms with van der Waals surface area (Å²) in [6, 6.07) is 4.05. The molecule has 1 aliphatic heterocycles. The van der Waals surface area contributed by atoms with Crippen molar-refractivity contribution < 1.29 is 12.8 Å². The van der Waals surface area contributed by atoms with Gasteiger partial charge in [-0.25, -0.2) is 12.8 Å². The van der Waals surface area contributed by atoms with Gasteiger partial charge in [0.2, 0.25) is 10.0 Å². The second-order valence-electron chi connectivity index (χ2n) is 5.20. The van der Waals surface area contributed by atoms with Crippen molar-refractivity contribution in [2.75, 3.05) is 13.1 Å². The van der Waals surface area contributed by atoms with Gasteiger partial charge in [-0.3, -0.25) is 0 Å². The van der Waals surface area contributed by atoms with E-state index in [1.807, 2.05) is 13.8 Å². The molecule has 0 aliphatic carbocycles. The molecule has 0 spiro atoms. The maximum Gasteiger partial charge on any atom is 0.243 e. The van der Waals surface area contributed by atoms with Crippen LogP contribution < -0.4 is 5.32 Å². The highest BCUT2D eigenvalue weighted by molar-refractivity contribution is 7.89. The van der Waals surface area contributed by atoms with E-state index in [-0.39, 0.29) is 17.0 Å². The third-order valence-corrected chi connectivity index (χ3v) is 5.27. The average Bonchev–Trinajstić information content (AvgIpc) is 2.31. The number of halogens is 1. The lowest BCUT2D eigenvalue weighted by Crippen LogP contribution is -2.55. The minimum Gasteiger partial charge on any atom is -0.309 e. The van der Waals surface area contributed by atoms with Crippen molar-refractivity contribution in [3.8, 4) is 0 Å². The summed E-state index contributed by atoms with van der Waals surface area (Å²) < 4.78 is 39.9. The first kappa shape index (κ1) is 14.4. The Hall–Kier alpha value is -0.980. The van der Waals surface area contributed by atoms with Crippen LogP contribution in [0.5, 0.6) is 0 Å². The van der Waals surface area contributed by atoms with E-state index in [2.05, 4.69) is 5.32 Å². The van der Waals surface area contributed by atoms with Crippen molar-refractivity contribution >= 4 is 10.0 Å². The SMILES string of the molecule is Cc1ccc(F)cc1S(=O)(=O)N1CC(C)NC(C)C1. The van der Waals surface area contributed by atoms with E-state index in [9.17, 15) is 12.8 Å². The van der Waals surface area contributed by atoms with Gasteiger partial charge in [0.15, 0.2) is 0 Å². The maximum atomic E-state index is 13.3. The second-order valence-corrected chi connectivity index (χ2v) is 7.11. The number of sulfonamides is 1. The van der Waals surface area contributed by atoms with Crippen LogP contribution in [-0.2, 0) is 10.0 Å². The zero-order valence-electron chi connectivity index (χ0n) is 11.4. The topological polar surface area (TPSA) is 49.4 Å².